The lowest BCUT2D eigenvalue weighted by molar-refractivity contribution is -0.0502. The smallest absolute Gasteiger partial charge is 0.194 e. The van der Waals surface area contributed by atoms with Gasteiger partial charge in [-0.2, -0.15) is 0 Å². The van der Waals surface area contributed by atoms with Gasteiger partial charge >= 0.3 is 0 Å². The molecule has 3 unspecified atom stereocenters. The van der Waals surface area contributed by atoms with E-state index < -0.39 is 0 Å². The minimum atomic E-state index is 0. The zero-order chi connectivity index (χ0) is 21.3. The van der Waals surface area contributed by atoms with Crippen LogP contribution in [0.1, 0.15) is 25.3 Å². The van der Waals surface area contributed by atoms with Crippen molar-refractivity contribution in [2.45, 2.75) is 38.5 Å². The second-order valence-electron chi connectivity index (χ2n) is 8.73. The van der Waals surface area contributed by atoms with Crippen molar-refractivity contribution in [1.29, 1.82) is 0 Å². The molecule has 3 aliphatic rings. The molecule has 180 valence electrons. The maximum atomic E-state index is 6.14. The number of rotatable bonds is 9. The van der Waals surface area contributed by atoms with Crippen molar-refractivity contribution in [3.8, 4) is 0 Å². The van der Waals surface area contributed by atoms with Gasteiger partial charge in [0.05, 0.1) is 32.0 Å². The molecule has 4 rings (SSSR count). The Morgan fingerprint density at radius 3 is 2.88 bits per heavy atom. The van der Waals surface area contributed by atoms with Crippen LogP contribution in [0, 0.1) is 5.92 Å². The van der Waals surface area contributed by atoms with Gasteiger partial charge in [-0.15, -0.1) is 24.0 Å². The number of guanidine groups is 1. The molecular formula is C24H39IN4O3. The van der Waals surface area contributed by atoms with Gasteiger partial charge in [0.15, 0.2) is 5.96 Å². The van der Waals surface area contributed by atoms with Crippen LogP contribution >= 0.6 is 24.0 Å². The summed E-state index contributed by atoms with van der Waals surface area (Å²) >= 11 is 0. The number of fused-ring (bicyclic) bond motifs is 1. The Bertz CT molecular complexity index is 687. The van der Waals surface area contributed by atoms with Crippen LogP contribution in [0.4, 0.5) is 0 Å². The third-order valence-electron chi connectivity index (χ3n) is 6.37. The molecule has 3 aliphatic heterocycles. The Morgan fingerprint density at radius 1 is 1.22 bits per heavy atom. The number of aliphatic imine (C=N–C) groups is 1. The number of likely N-dealkylation sites (tertiary alicyclic amines) is 1. The van der Waals surface area contributed by atoms with E-state index in [0.717, 1.165) is 91.1 Å². The first-order chi connectivity index (χ1) is 15.3. The van der Waals surface area contributed by atoms with E-state index in [1.807, 2.05) is 0 Å². The zero-order valence-electron chi connectivity index (χ0n) is 19.3. The molecular weight excluding hydrogens is 519 g/mol. The normalized spacial score (nSPS) is 26.1. The zero-order valence-corrected chi connectivity index (χ0v) is 21.6. The summed E-state index contributed by atoms with van der Waals surface area (Å²) in [6, 6.07) is 11.2. The second-order valence-corrected chi connectivity index (χ2v) is 8.73. The Kier molecular flexibility index (Phi) is 11.0. The van der Waals surface area contributed by atoms with Crippen molar-refractivity contribution in [3.63, 3.8) is 0 Å². The molecule has 3 saturated heterocycles. The van der Waals surface area contributed by atoms with Crippen LogP contribution in [-0.2, 0) is 20.8 Å². The molecule has 0 aliphatic carbocycles. The molecule has 3 heterocycles. The van der Waals surface area contributed by atoms with Crippen molar-refractivity contribution in [1.82, 2.24) is 15.1 Å². The van der Waals surface area contributed by atoms with Crippen molar-refractivity contribution in [2.24, 2.45) is 10.9 Å². The molecule has 0 aromatic heterocycles. The predicted octanol–water partition coefficient (Wildman–Crippen LogP) is 2.60. The largest absolute Gasteiger partial charge is 0.381 e. The summed E-state index contributed by atoms with van der Waals surface area (Å²) in [5, 5.41) is 3.48. The van der Waals surface area contributed by atoms with Crippen molar-refractivity contribution in [2.75, 3.05) is 65.8 Å². The number of hydrogen-bond acceptors (Lipinski definition) is 5. The third kappa shape index (κ3) is 7.28. The first kappa shape index (κ1) is 25.7. The first-order valence-corrected chi connectivity index (χ1v) is 11.9. The molecule has 0 spiro atoms. The monoisotopic (exact) mass is 558 g/mol. The molecule has 1 aromatic carbocycles. The average molecular weight is 559 g/mol. The number of morpholine rings is 1. The average Bonchev–Trinajstić information content (AvgIpc) is 3.46. The van der Waals surface area contributed by atoms with E-state index in [1.165, 1.54) is 5.56 Å². The van der Waals surface area contributed by atoms with Gasteiger partial charge in [0.1, 0.15) is 0 Å². The number of nitrogens with one attached hydrogen (secondary N) is 1. The van der Waals surface area contributed by atoms with E-state index in [4.69, 9.17) is 19.2 Å². The molecule has 0 bridgehead atoms. The van der Waals surface area contributed by atoms with Crippen LogP contribution in [-0.4, -0.2) is 93.7 Å². The molecule has 3 fully saturated rings. The summed E-state index contributed by atoms with van der Waals surface area (Å²) in [6.07, 6.45) is 2.32. The van der Waals surface area contributed by atoms with E-state index in [1.54, 1.807) is 0 Å². The minimum Gasteiger partial charge on any atom is -0.381 e. The molecule has 8 heteroatoms. The minimum absolute atomic E-state index is 0. The highest BCUT2D eigenvalue weighted by molar-refractivity contribution is 14.0. The van der Waals surface area contributed by atoms with Gasteiger partial charge in [-0.25, -0.2) is 0 Å². The fraction of sp³-hybridized carbons (Fsp3) is 0.708. The van der Waals surface area contributed by atoms with Crippen LogP contribution in [0.15, 0.2) is 35.3 Å². The second kappa shape index (κ2) is 13.7. The molecule has 1 aromatic rings. The summed E-state index contributed by atoms with van der Waals surface area (Å²) in [5.74, 6) is 1.58. The first-order valence-electron chi connectivity index (χ1n) is 11.9. The summed E-state index contributed by atoms with van der Waals surface area (Å²) in [4.78, 5) is 9.84. The number of ether oxygens (including phenoxy) is 3. The lowest BCUT2D eigenvalue weighted by Crippen LogP contribution is -2.50. The number of nitrogens with zero attached hydrogens (tertiary/aromatic N) is 3. The van der Waals surface area contributed by atoms with E-state index in [2.05, 4.69) is 52.4 Å². The van der Waals surface area contributed by atoms with Crippen LogP contribution < -0.4 is 5.32 Å². The molecule has 0 saturated carbocycles. The van der Waals surface area contributed by atoms with Crippen molar-refractivity contribution >= 4 is 29.9 Å². The van der Waals surface area contributed by atoms with Gasteiger partial charge < -0.3 is 24.4 Å². The molecule has 3 atom stereocenters. The Labute approximate surface area is 209 Å². The van der Waals surface area contributed by atoms with Crippen molar-refractivity contribution < 1.29 is 14.2 Å². The number of halogens is 1. The fourth-order valence-corrected chi connectivity index (χ4v) is 4.69. The van der Waals surface area contributed by atoms with Gasteiger partial charge in [-0.1, -0.05) is 30.3 Å². The highest BCUT2D eigenvalue weighted by Crippen LogP contribution is 2.24. The highest BCUT2D eigenvalue weighted by Gasteiger charge is 2.41. The van der Waals surface area contributed by atoms with Gasteiger partial charge in [0.2, 0.25) is 0 Å². The van der Waals surface area contributed by atoms with E-state index in [-0.39, 0.29) is 30.1 Å². The summed E-state index contributed by atoms with van der Waals surface area (Å²) in [7, 11) is 0. The van der Waals surface area contributed by atoms with E-state index >= 15 is 0 Å². The molecule has 32 heavy (non-hydrogen) atoms. The number of hydrogen-bond donors (Lipinski definition) is 1. The lowest BCUT2D eigenvalue weighted by atomic mass is 10.1. The predicted molar refractivity (Wildman–Crippen MR) is 138 cm³/mol. The number of benzene rings is 1. The quantitative estimate of drug-likeness (QED) is 0.218. The Hall–Kier alpha value is -0.940. The Morgan fingerprint density at radius 2 is 2.09 bits per heavy atom. The highest BCUT2D eigenvalue weighted by atomic mass is 127. The molecule has 0 radical (unpaired) electrons. The van der Waals surface area contributed by atoms with Crippen LogP contribution in [0.2, 0.25) is 0 Å². The molecule has 0 amide bonds. The van der Waals surface area contributed by atoms with Crippen molar-refractivity contribution in [3.05, 3.63) is 35.9 Å². The lowest BCUT2D eigenvalue weighted by Gasteiger charge is -2.36. The van der Waals surface area contributed by atoms with Crippen LogP contribution in [0.5, 0.6) is 0 Å². The van der Waals surface area contributed by atoms with Crippen LogP contribution in [0.3, 0.4) is 0 Å². The van der Waals surface area contributed by atoms with Gasteiger partial charge in [0.25, 0.3) is 0 Å². The van der Waals surface area contributed by atoms with E-state index in [0.29, 0.717) is 12.0 Å². The maximum Gasteiger partial charge on any atom is 0.194 e. The molecule has 1 N–H and O–H groups in total. The molecule has 7 nitrogen and oxygen atoms in total. The summed E-state index contributed by atoms with van der Waals surface area (Å²) in [6.45, 7) is 11.7. The third-order valence-corrected chi connectivity index (χ3v) is 6.37. The van der Waals surface area contributed by atoms with Gasteiger partial charge in [-0.05, 0) is 25.3 Å². The van der Waals surface area contributed by atoms with E-state index in [9.17, 15) is 0 Å². The topological polar surface area (TPSA) is 58.6 Å². The summed E-state index contributed by atoms with van der Waals surface area (Å²) < 4.78 is 17.4. The van der Waals surface area contributed by atoms with Gasteiger partial charge in [-0.3, -0.25) is 9.89 Å². The SMILES string of the molecule is CCNC(=NCCCOCC1CCOC1)N1CC2OCCN(Cc3ccccc3)C2C1.I. The Balaban J connectivity index is 0.00000289. The standard InChI is InChI=1S/C24H38N4O3.HI/c1-2-25-24(26-10-6-12-29-18-21-9-13-30-19-21)28-16-22-23(17-28)31-14-11-27(22)15-20-7-4-3-5-8-20;/h3-5,7-8,21-23H,2,6,9-19H2,1H3,(H,25,26);1H. The van der Waals surface area contributed by atoms with Gasteiger partial charge in [0, 0.05) is 58.4 Å². The van der Waals surface area contributed by atoms with Crippen LogP contribution in [0.25, 0.3) is 0 Å². The maximum absolute atomic E-state index is 6.14. The summed E-state index contributed by atoms with van der Waals surface area (Å²) in [5.41, 5.74) is 1.37. The fourth-order valence-electron chi connectivity index (χ4n) is 4.69.